The second-order valence-corrected chi connectivity index (χ2v) is 8.35. The van der Waals surface area contributed by atoms with E-state index in [9.17, 15) is 14.7 Å². The molecule has 2 aromatic carbocycles. The van der Waals surface area contributed by atoms with Crippen LogP contribution in [0.5, 0.6) is 17.2 Å². The van der Waals surface area contributed by atoms with Crippen molar-refractivity contribution in [3.05, 3.63) is 58.1 Å². The van der Waals surface area contributed by atoms with Gasteiger partial charge in [-0.05, 0) is 36.6 Å². The smallest absolute Gasteiger partial charge is 0.295 e. The molecule has 0 radical (unpaired) electrons. The van der Waals surface area contributed by atoms with Crippen LogP contribution in [0.1, 0.15) is 36.9 Å². The molecule has 0 aliphatic carbocycles. The highest BCUT2D eigenvalue weighted by Crippen LogP contribution is 2.43. The van der Waals surface area contributed by atoms with Crippen LogP contribution in [0.15, 0.2) is 42.0 Å². The van der Waals surface area contributed by atoms with Crippen LogP contribution in [0.4, 0.5) is 0 Å². The summed E-state index contributed by atoms with van der Waals surface area (Å²) in [4.78, 5) is 27.8. The van der Waals surface area contributed by atoms with E-state index >= 15 is 0 Å². The topological polar surface area (TPSA) is 94.5 Å². The molecule has 1 saturated heterocycles. The van der Waals surface area contributed by atoms with Gasteiger partial charge in [0.15, 0.2) is 0 Å². The molecule has 0 spiro atoms. The van der Waals surface area contributed by atoms with Crippen molar-refractivity contribution in [1.82, 2.24) is 4.90 Å². The Balaban J connectivity index is 2.20. The average molecular weight is 504 g/mol. The van der Waals surface area contributed by atoms with Gasteiger partial charge in [-0.25, -0.2) is 0 Å². The lowest BCUT2D eigenvalue weighted by atomic mass is 9.94. The van der Waals surface area contributed by atoms with Gasteiger partial charge in [0, 0.05) is 26.3 Å². The van der Waals surface area contributed by atoms with Crippen LogP contribution in [-0.4, -0.2) is 62.8 Å². The van der Waals surface area contributed by atoms with Gasteiger partial charge in [0.05, 0.1) is 43.0 Å². The Morgan fingerprint density at radius 1 is 1.06 bits per heavy atom. The number of Topliss-reactive ketones (excluding diaryl/α,β-unsaturated/α-hetero) is 1. The molecule has 9 heteroatoms. The molecule has 35 heavy (non-hydrogen) atoms. The molecule has 1 aliphatic heterocycles. The van der Waals surface area contributed by atoms with Gasteiger partial charge in [-0.2, -0.15) is 0 Å². The third-order valence-corrected chi connectivity index (χ3v) is 5.96. The summed E-state index contributed by atoms with van der Waals surface area (Å²) in [5.41, 5.74) is 0.770. The monoisotopic (exact) mass is 503 g/mol. The summed E-state index contributed by atoms with van der Waals surface area (Å²) in [6.45, 7) is 3.21. The fourth-order valence-electron chi connectivity index (χ4n) is 4.02. The number of rotatable bonds is 11. The van der Waals surface area contributed by atoms with Crippen molar-refractivity contribution >= 4 is 29.1 Å². The molecule has 1 amide bonds. The summed E-state index contributed by atoms with van der Waals surface area (Å²) in [5.74, 6) is -0.743. The normalized spacial score (nSPS) is 17.1. The summed E-state index contributed by atoms with van der Waals surface area (Å²) >= 11 is 6.22. The number of halogens is 1. The van der Waals surface area contributed by atoms with Gasteiger partial charge in [-0.15, -0.1) is 0 Å². The summed E-state index contributed by atoms with van der Waals surface area (Å²) in [7, 11) is 4.43. The lowest BCUT2D eigenvalue weighted by Crippen LogP contribution is -2.31. The molecule has 1 unspecified atom stereocenters. The lowest BCUT2D eigenvalue weighted by Gasteiger charge is -2.26. The number of methoxy groups -OCH3 is 3. The van der Waals surface area contributed by atoms with Gasteiger partial charge in [-0.3, -0.25) is 9.59 Å². The number of likely N-dealkylation sites (tertiary alicyclic amines) is 1. The summed E-state index contributed by atoms with van der Waals surface area (Å²) in [6.07, 6.45) is 1.35. The van der Waals surface area contributed by atoms with Gasteiger partial charge >= 0.3 is 0 Å². The first-order chi connectivity index (χ1) is 16.9. The predicted molar refractivity (Wildman–Crippen MR) is 132 cm³/mol. The molecule has 1 atom stereocenters. The maximum atomic E-state index is 13.3. The molecule has 1 aliphatic rings. The number of carbonyl (C=O) groups is 2. The van der Waals surface area contributed by atoms with Crippen LogP contribution in [0, 0.1) is 0 Å². The Morgan fingerprint density at radius 2 is 1.80 bits per heavy atom. The van der Waals surface area contributed by atoms with E-state index in [4.69, 9.17) is 30.5 Å². The first-order valence-electron chi connectivity index (χ1n) is 11.3. The molecule has 2 aromatic rings. The number of carbonyl (C=O) groups excluding carboxylic acids is 2. The number of ketones is 1. The third kappa shape index (κ3) is 5.55. The second-order valence-electron chi connectivity index (χ2n) is 7.95. The van der Waals surface area contributed by atoms with Crippen LogP contribution in [0.25, 0.3) is 5.76 Å². The van der Waals surface area contributed by atoms with Crippen molar-refractivity contribution < 1.29 is 33.6 Å². The van der Waals surface area contributed by atoms with E-state index in [-0.39, 0.29) is 40.0 Å². The van der Waals surface area contributed by atoms with Crippen molar-refractivity contribution in [2.75, 3.05) is 41.1 Å². The maximum Gasteiger partial charge on any atom is 0.295 e. The second kappa shape index (κ2) is 12.0. The lowest BCUT2D eigenvalue weighted by molar-refractivity contribution is -0.140. The number of hydrogen-bond acceptors (Lipinski definition) is 7. The zero-order valence-corrected chi connectivity index (χ0v) is 21.1. The summed E-state index contributed by atoms with van der Waals surface area (Å²) < 4.78 is 21.6. The fourth-order valence-corrected chi connectivity index (χ4v) is 4.25. The molecule has 188 valence electrons. The first-order valence-corrected chi connectivity index (χ1v) is 11.7. The van der Waals surface area contributed by atoms with Crippen LogP contribution in [0.3, 0.4) is 0 Å². The highest BCUT2D eigenvalue weighted by molar-refractivity contribution is 6.46. The quantitative estimate of drug-likeness (QED) is 0.207. The van der Waals surface area contributed by atoms with E-state index in [1.807, 2.05) is 13.0 Å². The molecular weight excluding hydrogens is 474 g/mol. The molecule has 3 rings (SSSR count). The van der Waals surface area contributed by atoms with E-state index in [0.29, 0.717) is 30.9 Å². The zero-order chi connectivity index (χ0) is 25.5. The molecule has 0 saturated carbocycles. The molecule has 0 bridgehead atoms. The van der Waals surface area contributed by atoms with Crippen molar-refractivity contribution in [3.8, 4) is 17.2 Å². The van der Waals surface area contributed by atoms with Gasteiger partial charge in [0.1, 0.15) is 23.0 Å². The number of ether oxygens (including phenoxy) is 4. The minimum absolute atomic E-state index is 0.0530. The van der Waals surface area contributed by atoms with Gasteiger partial charge < -0.3 is 29.0 Å². The van der Waals surface area contributed by atoms with E-state index in [1.54, 1.807) is 25.3 Å². The van der Waals surface area contributed by atoms with Crippen molar-refractivity contribution in [2.24, 2.45) is 0 Å². The van der Waals surface area contributed by atoms with E-state index in [0.717, 1.165) is 6.42 Å². The zero-order valence-electron chi connectivity index (χ0n) is 20.3. The summed E-state index contributed by atoms with van der Waals surface area (Å²) in [6, 6.07) is 9.31. The van der Waals surface area contributed by atoms with Crippen molar-refractivity contribution in [3.63, 3.8) is 0 Å². The molecule has 8 nitrogen and oxygen atoms in total. The molecular formula is C26H30ClNO7. The minimum Gasteiger partial charge on any atom is -0.507 e. The van der Waals surface area contributed by atoms with Crippen molar-refractivity contribution in [1.29, 1.82) is 0 Å². The number of aliphatic hydroxyl groups is 1. The highest BCUT2D eigenvalue weighted by Gasteiger charge is 2.46. The van der Waals surface area contributed by atoms with Crippen molar-refractivity contribution in [2.45, 2.75) is 25.8 Å². The van der Waals surface area contributed by atoms with Gasteiger partial charge in [-0.1, -0.05) is 30.7 Å². The van der Waals surface area contributed by atoms with E-state index < -0.39 is 17.7 Å². The van der Waals surface area contributed by atoms with Crippen LogP contribution in [-0.2, 0) is 14.3 Å². The summed E-state index contributed by atoms with van der Waals surface area (Å²) in [5, 5.41) is 11.7. The molecule has 1 heterocycles. The number of aliphatic hydroxyl groups excluding tert-OH is 1. The largest absolute Gasteiger partial charge is 0.507 e. The molecule has 0 aromatic heterocycles. The van der Waals surface area contributed by atoms with Crippen LogP contribution in [0.2, 0.25) is 5.02 Å². The Kier molecular flexibility index (Phi) is 9.01. The van der Waals surface area contributed by atoms with Crippen LogP contribution < -0.4 is 14.2 Å². The molecule has 1 N–H and O–H groups in total. The SMILES string of the molecule is CCCOc1cccc(C2/C(=C(\O)c3cc(OC)c(Cl)cc3OC)C(=O)C(=O)N2CCCOC)c1. The maximum absolute atomic E-state index is 13.3. The fraction of sp³-hybridized carbons (Fsp3) is 0.385. The third-order valence-electron chi connectivity index (χ3n) is 5.66. The highest BCUT2D eigenvalue weighted by atomic mass is 35.5. The first kappa shape index (κ1) is 26.4. The predicted octanol–water partition coefficient (Wildman–Crippen LogP) is 4.60. The average Bonchev–Trinajstić information content (AvgIpc) is 3.12. The number of amides is 1. The van der Waals surface area contributed by atoms with Crippen LogP contribution >= 0.6 is 11.6 Å². The number of benzene rings is 2. The van der Waals surface area contributed by atoms with E-state index in [1.165, 1.54) is 31.3 Å². The number of nitrogens with zero attached hydrogens (tertiary/aromatic N) is 1. The molecule has 1 fully saturated rings. The minimum atomic E-state index is -0.830. The Morgan fingerprint density at radius 3 is 2.46 bits per heavy atom. The Bertz CT molecular complexity index is 1110. The van der Waals surface area contributed by atoms with Gasteiger partial charge in [0.25, 0.3) is 11.7 Å². The standard InChI is InChI=1S/C26H30ClNO7/c1-5-11-35-17-9-6-8-16(13-17)23-22(25(30)26(31)28(23)10-7-12-32-2)24(29)18-14-21(34-4)19(27)15-20(18)33-3/h6,8-9,13-15,23,29H,5,7,10-12H2,1-4H3/b24-22+. The Hall–Kier alpha value is -3.23. The van der Waals surface area contributed by atoms with Gasteiger partial charge in [0.2, 0.25) is 0 Å². The number of hydrogen-bond donors (Lipinski definition) is 1. The Labute approximate surface area is 210 Å². The van der Waals surface area contributed by atoms with E-state index in [2.05, 4.69) is 0 Å².